The van der Waals surface area contributed by atoms with Gasteiger partial charge < -0.3 is 14.6 Å². The number of esters is 1. The molecule has 0 radical (unpaired) electrons. The average Bonchev–Trinajstić information content (AvgIpc) is 2.82. The molecule has 0 spiro atoms. The van der Waals surface area contributed by atoms with Crippen molar-refractivity contribution in [2.75, 3.05) is 39.5 Å². The molecular formula is C32H61NO5. The van der Waals surface area contributed by atoms with Crippen LogP contribution in [0, 0.1) is 5.41 Å². The van der Waals surface area contributed by atoms with Gasteiger partial charge in [0.1, 0.15) is 12.4 Å². The number of rotatable bonds is 24. The Hall–Kier alpha value is -1.24. The van der Waals surface area contributed by atoms with Crippen LogP contribution in [-0.2, 0) is 19.1 Å². The molecule has 38 heavy (non-hydrogen) atoms. The van der Waals surface area contributed by atoms with E-state index < -0.39 is 0 Å². The Morgan fingerprint density at radius 2 is 1.18 bits per heavy atom. The van der Waals surface area contributed by atoms with Gasteiger partial charge in [0, 0.05) is 37.9 Å². The van der Waals surface area contributed by atoms with E-state index in [9.17, 15) is 14.7 Å². The Morgan fingerprint density at radius 1 is 0.684 bits per heavy atom. The highest BCUT2D eigenvalue weighted by Gasteiger charge is 2.19. The van der Waals surface area contributed by atoms with Crippen molar-refractivity contribution in [1.82, 2.24) is 4.90 Å². The van der Waals surface area contributed by atoms with E-state index in [4.69, 9.17) is 9.47 Å². The summed E-state index contributed by atoms with van der Waals surface area (Å²) in [4.78, 5) is 26.0. The highest BCUT2D eigenvalue weighted by atomic mass is 16.5. The molecule has 0 aliphatic heterocycles. The first-order valence-corrected chi connectivity index (χ1v) is 15.3. The van der Waals surface area contributed by atoms with E-state index >= 15 is 0 Å². The summed E-state index contributed by atoms with van der Waals surface area (Å²) in [6.45, 7) is 15.0. The molecule has 0 atom stereocenters. The number of hydrogen-bond acceptors (Lipinski definition) is 6. The van der Waals surface area contributed by atoms with Crippen molar-refractivity contribution in [2.45, 2.75) is 137 Å². The van der Waals surface area contributed by atoms with E-state index in [0.29, 0.717) is 45.1 Å². The van der Waals surface area contributed by atoms with Crippen LogP contribution < -0.4 is 0 Å². The summed E-state index contributed by atoms with van der Waals surface area (Å²) < 4.78 is 11.1. The minimum absolute atomic E-state index is 0.0856. The molecule has 0 aliphatic rings. The second-order valence-corrected chi connectivity index (χ2v) is 12.5. The lowest BCUT2D eigenvalue weighted by atomic mass is 9.88. The Morgan fingerprint density at radius 3 is 1.71 bits per heavy atom. The van der Waals surface area contributed by atoms with E-state index in [0.717, 1.165) is 44.9 Å². The van der Waals surface area contributed by atoms with Crippen molar-refractivity contribution in [3.63, 3.8) is 0 Å². The van der Waals surface area contributed by atoms with Gasteiger partial charge in [0.05, 0.1) is 18.8 Å². The van der Waals surface area contributed by atoms with Crippen LogP contribution >= 0.6 is 0 Å². The summed E-state index contributed by atoms with van der Waals surface area (Å²) in [5.74, 6) is 0.260. The maximum Gasteiger partial charge on any atom is 0.305 e. The summed E-state index contributed by atoms with van der Waals surface area (Å²) in [5.41, 5.74) is -0.364. The Bertz CT molecular complexity index is 618. The first-order valence-electron chi connectivity index (χ1n) is 15.3. The summed E-state index contributed by atoms with van der Waals surface area (Å²) in [5, 5.41) is 9.24. The smallest absolute Gasteiger partial charge is 0.305 e. The number of unbranched alkanes of at least 4 members (excludes halogenated alkanes) is 10. The van der Waals surface area contributed by atoms with Crippen LogP contribution in [0.3, 0.4) is 0 Å². The normalized spacial score (nSPS) is 12.5. The summed E-state index contributed by atoms with van der Waals surface area (Å²) in [6, 6.07) is 0. The molecule has 1 N–H and O–H groups in total. The number of carbonyl (C=O) groups is 2. The van der Waals surface area contributed by atoms with Crippen molar-refractivity contribution in [1.29, 1.82) is 0 Å². The number of carbonyl (C=O) groups excluding carboxylic acids is 2. The highest BCUT2D eigenvalue weighted by molar-refractivity contribution is 5.83. The van der Waals surface area contributed by atoms with Gasteiger partial charge in [-0.25, -0.2) is 0 Å². The summed E-state index contributed by atoms with van der Waals surface area (Å²) in [6.07, 6.45) is 19.6. The van der Waals surface area contributed by atoms with E-state index in [-0.39, 0.29) is 23.6 Å². The molecule has 0 rings (SSSR count). The number of nitrogens with zero attached hydrogens (tertiary/aromatic N) is 1. The quantitative estimate of drug-likeness (QED) is 0.0789. The van der Waals surface area contributed by atoms with Crippen molar-refractivity contribution in [2.24, 2.45) is 5.41 Å². The monoisotopic (exact) mass is 539 g/mol. The molecule has 0 saturated heterocycles. The number of ketones is 1. The third kappa shape index (κ3) is 25.1. The molecule has 224 valence electrons. The minimum Gasteiger partial charge on any atom is -0.464 e. The third-order valence-electron chi connectivity index (χ3n) is 6.56. The average molecular weight is 540 g/mol. The topological polar surface area (TPSA) is 76.1 Å². The predicted octanol–water partition coefficient (Wildman–Crippen LogP) is 7.27. The number of Topliss-reactive ketones (excluding diaryl/α,β-unsaturated/α-hetero) is 1. The number of ether oxygens (including phenoxy) is 2. The van der Waals surface area contributed by atoms with Gasteiger partial charge in [-0.3, -0.25) is 14.5 Å². The van der Waals surface area contributed by atoms with Crippen LogP contribution in [-0.4, -0.2) is 66.8 Å². The molecule has 0 unspecified atom stereocenters. The SMILES string of the molecule is CC(C)(C)OCCN(CCO)CCOC(=O)CCCCCCC/C=C/CCCCCCCC(=O)C(C)(C)C. The van der Waals surface area contributed by atoms with E-state index in [1.165, 1.54) is 38.5 Å². The lowest BCUT2D eigenvalue weighted by Crippen LogP contribution is -2.35. The molecule has 0 fully saturated rings. The number of aliphatic hydroxyl groups excluding tert-OH is 1. The third-order valence-corrected chi connectivity index (χ3v) is 6.56. The van der Waals surface area contributed by atoms with Gasteiger partial charge in [-0.1, -0.05) is 71.4 Å². The lowest BCUT2D eigenvalue weighted by Gasteiger charge is -2.24. The Balaban J connectivity index is 3.55. The zero-order valence-electron chi connectivity index (χ0n) is 25.8. The molecule has 0 bridgehead atoms. The first-order chi connectivity index (χ1) is 18.0. The van der Waals surface area contributed by atoms with Crippen LogP contribution in [0.15, 0.2) is 12.2 Å². The van der Waals surface area contributed by atoms with Crippen LogP contribution in [0.2, 0.25) is 0 Å². The predicted molar refractivity (Wildman–Crippen MR) is 158 cm³/mol. The maximum atomic E-state index is 12.0. The molecule has 6 heteroatoms. The first kappa shape index (κ1) is 36.8. The van der Waals surface area contributed by atoms with E-state index in [1.54, 1.807) is 0 Å². The zero-order valence-corrected chi connectivity index (χ0v) is 25.8. The van der Waals surface area contributed by atoms with Crippen molar-refractivity contribution < 1.29 is 24.2 Å². The fourth-order valence-corrected chi connectivity index (χ4v) is 4.07. The van der Waals surface area contributed by atoms with Gasteiger partial charge in [0.25, 0.3) is 0 Å². The van der Waals surface area contributed by atoms with Gasteiger partial charge in [-0.05, 0) is 59.3 Å². The second kappa shape index (κ2) is 22.6. The minimum atomic E-state index is -0.188. The van der Waals surface area contributed by atoms with Crippen LogP contribution in [0.1, 0.15) is 131 Å². The summed E-state index contributed by atoms with van der Waals surface area (Å²) in [7, 11) is 0. The summed E-state index contributed by atoms with van der Waals surface area (Å²) >= 11 is 0. The van der Waals surface area contributed by atoms with Gasteiger partial charge in [-0.2, -0.15) is 0 Å². The van der Waals surface area contributed by atoms with Crippen molar-refractivity contribution in [3.8, 4) is 0 Å². The number of aliphatic hydroxyl groups is 1. The van der Waals surface area contributed by atoms with Crippen molar-refractivity contribution >= 4 is 11.8 Å². The molecule has 0 heterocycles. The standard InChI is InChI=1S/C32H61NO5/c1-31(2,3)29(35)21-19-17-15-13-11-9-7-8-10-12-14-16-18-20-22-30(36)37-27-24-33(23-26-34)25-28-38-32(4,5)6/h7-8,34H,9-28H2,1-6H3/b8-7+. The highest BCUT2D eigenvalue weighted by Crippen LogP contribution is 2.19. The molecule has 0 amide bonds. The fourth-order valence-electron chi connectivity index (χ4n) is 4.07. The molecule has 0 saturated carbocycles. The van der Waals surface area contributed by atoms with E-state index in [2.05, 4.69) is 17.1 Å². The van der Waals surface area contributed by atoms with Gasteiger partial charge in [0.2, 0.25) is 0 Å². The Kier molecular flexibility index (Phi) is 21.8. The lowest BCUT2D eigenvalue weighted by molar-refractivity contribution is -0.144. The van der Waals surface area contributed by atoms with Crippen LogP contribution in [0.25, 0.3) is 0 Å². The van der Waals surface area contributed by atoms with Gasteiger partial charge in [0.15, 0.2) is 0 Å². The molecule has 0 aromatic rings. The van der Waals surface area contributed by atoms with Crippen LogP contribution in [0.5, 0.6) is 0 Å². The number of allylic oxidation sites excluding steroid dienone is 2. The van der Waals surface area contributed by atoms with E-state index in [1.807, 2.05) is 41.5 Å². The van der Waals surface area contributed by atoms with Crippen LogP contribution in [0.4, 0.5) is 0 Å². The maximum absolute atomic E-state index is 12.0. The van der Waals surface area contributed by atoms with Gasteiger partial charge in [-0.15, -0.1) is 0 Å². The number of hydrogen-bond donors (Lipinski definition) is 1. The fraction of sp³-hybridized carbons (Fsp3) is 0.875. The Labute approximate surface area is 234 Å². The molecule has 0 aromatic heterocycles. The molecule has 6 nitrogen and oxygen atoms in total. The van der Waals surface area contributed by atoms with Crippen molar-refractivity contribution in [3.05, 3.63) is 12.2 Å². The zero-order chi connectivity index (χ0) is 28.7. The molecular weight excluding hydrogens is 478 g/mol. The molecule has 0 aromatic carbocycles. The van der Waals surface area contributed by atoms with Gasteiger partial charge >= 0.3 is 5.97 Å². The largest absolute Gasteiger partial charge is 0.464 e. The second-order valence-electron chi connectivity index (χ2n) is 12.5. The molecule has 0 aliphatic carbocycles.